The number of ether oxygens (including phenoxy) is 1. The lowest BCUT2D eigenvalue weighted by atomic mass is 9.86. The first-order valence-corrected chi connectivity index (χ1v) is 3.72. The van der Waals surface area contributed by atoms with Crippen molar-refractivity contribution in [3.63, 3.8) is 0 Å². The molecule has 0 unspecified atom stereocenters. The second-order valence-corrected chi connectivity index (χ2v) is 3.43. The Morgan fingerprint density at radius 2 is 2.45 bits per heavy atom. The van der Waals surface area contributed by atoms with E-state index in [1.54, 1.807) is 13.8 Å². The maximum absolute atomic E-state index is 9.55. The zero-order chi connectivity index (χ0) is 9.35. The van der Waals surface area contributed by atoms with Crippen molar-refractivity contribution < 1.29 is 15.0 Å². The zero-order valence-corrected chi connectivity index (χ0v) is 6.78. The third-order valence-electron chi connectivity index (χ3n) is 2.09. The van der Waals surface area contributed by atoms with E-state index in [0.717, 1.165) is 0 Å². The molecule has 11 heavy (non-hydrogen) atoms. The number of nitrogens with two attached hydrogens (primary N) is 1. The molecule has 4 nitrogen and oxygen atoms in total. The van der Waals surface area contributed by atoms with E-state index in [1.165, 1.54) is 0 Å². The molecule has 1 fully saturated rings. The smallest absolute Gasteiger partial charge is 0.213 e. The van der Waals surface area contributed by atoms with Crippen LogP contribution in [0.2, 0.25) is 0 Å². The maximum Gasteiger partial charge on any atom is 0.213 e. The van der Waals surface area contributed by atoms with Crippen LogP contribution in [0.3, 0.4) is 0 Å². The number of hydrogen-bond acceptors (Lipinski definition) is 4. The molecule has 1 aliphatic rings. The summed E-state index contributed by atoms with van der Waals surface area (Å²) in [5, 5.41) is 13.8. The molecule has 0 spiro atoms. The fourth-order valence-electron chi connectivity index (χ4n) is 1.38. The van der Waals surface area contributed by atoms with Gasteiger partial charge in [0.15, 0.2) is 6.29 Å². The van der Waals surface area contributed by atoms with E-state index >= 15 is 0 Å². The topological polar surface area (TPSA) is 75.7 Å². The van der Waals surface area contributed by atoms with Crippen molar-refractivity contribution >= 4 is 0 Å². The normalized spacial score (nSPS) is 53.8. The van der Waals surface area contributed by atoms with E-state index in [0.29, 0.717) is 6.42 Å². The van der Waals surface area contributed by atoms with Gasteiger partial charge in [0.2, 0.25) is 1.43 Å². The van der Waals surface area contributed by atoms with Crippen LogP contribution in [0, 0.1) is 0 Å². The van der Waals surface area contributed by atoms with Gasteiger partial charge in [-0.05, 0) is 13.8 Å². The minimum absolute atomic E-state index is 0.335. The number of hydrogen-bond donors (Lipinski definition) is 3. The molecule has 1 saturated heterocycles. The van der Waals surface area contributed by atoms with Crippen LogP contribution >= 0.6 is 0 Å². The van der Waals surface area contributed by atoms with Gasteiger partial charge in [-0.2, -0.15) is 0 Å². The van der Waals surface area contributed by atoms with E-state index in [1.807, 2.05) is 0 Å². The molecular weight excluding hydrogens is 146 g/mol. The van der Waals surface area contributed by atoms with Gasteiger partial charge in [0.1, 0.15) is 0 Å². The van der Waals surface area contributed by atoms with Gasteiger partial charge in [0, 0.05) is 12.0 Å². The van der Waals surface area contributed by atoms with Crippen molar-refractivity contribution in [3.05, 3.63) is 0 Å². The second-order valence-electron chi connectivity index (χ2n) is 3.43. The van der Waals surface area contributed by atoms with Gasteiger partial charge in [-0.15, -0.1) is 0 Å². The summed E-state index contributed by atoms with van der Waals surface area (Å²) in [4.78, 5) is 0. The predicted molar refractivity (Wildman–Crippen MR) is 39.8 cm³/mol. The van der Waals surface area contributed by atoms with Gasteiger partial charge in [-0.25, -0.2) is 0 Å². The molecule has 1 aliphatic heterocycles. The van der Waals surface area contributed by atoms with Crippen molar-refractivity contribution in [1.29, 1.82) is 1.43 Å². The Balaban J connectivity index is 2.65. The molecule has 0 aliphatic carbocycles. The lowest BCUT2D eigenvalue weighted by molar-refractivity contribution is -0.215. The highest BCUT2D eigenvalue weighted by molar-refractivity contribution is 4.94. The quantitative estimate of drug-likeness (QED) is 0.472. The van der Waals surface area contributed by atoms with Gasteiger partial charge in [0.05, 0.1) is 12.2 Å². The molecule has 1 rings (SSSR count). The molecule has 1 heterocycles. The second kappa shape index (κ2) is 2.71. The first-order valence-electron chi connectivity index (χ1n) is 4.12. The third kappa shape index (κ3) is 1.70. The lowest BCUT2D eigenvalue weighted by Gasteiger charge is -2.41. The number of aliphatic hydroxyl groups is 2. The molecule has 0 aromatic heterocycles. The van der Waals surface area contributed by atoms with Crippen LogP contribution in [0.1, 0.15) is 20.3 Å². The van der Waals surface area contributed by atoms with Crippen LogP contribution in [0.15, 0.2) is 0 Å². The molecule has 0 aromatic rings. The largest absolute Gasteiger partial charge is 0.389 e. The van der Waals surface area contributed by atoms with Crippen molar-refractivity contribution in [3.8, 4) is 0 Å². The van der Waals surface area contributed by atoms with Crippen LogP contribution in [0.5, 0.6) is 0 Å². The van der Waals surface area contributed by atoms with Crippen molar-refractivity contribution in [2.75, 3.05) is 0 Å². The highest BCUT2D eigenvalue weighted by atomic mass is 16.6. The Morgan fingerprint density at radius 1 is 1.82 bits per heavy atom. The average molecular weight is 163 g/mol. The fraction of sp³-hybridized carbons (Fsp3) is 1.00. The minimum atomic E-state index is -0.733. The average Bonchev–Trinajstić information content (AvgIpc) is 1.99. The first kappa shape index (κ1) is 7.49. The fourth-order valence-corrected chi connectivity index (χ4v) is 1.38. The Morgan fingerprint density at radius 3 is 2.91 bits per heavy atom. The van der Waals surface area contributed by atoms with Gasteiger partial charge in [-0.1, -0.05) is 0 Å². The summed E-state index contributed by atoms with van der Waals surface area (Å²) in [6.45, 7) is 3.43. The molecule has 66 valence electrons. The summed E-state index contributed by atoms with van der Waals surface area (Å²) in [6.07, 6.45) is -1.38. The van der Waals surface area contributed by atoms with E-state index in [4.69, 9.17) is 11.9 Å². The van der Waals surface area contributed by atoms with Crippen molar-refractivity contribution in [2.45, 2.75) is 44.3 Å². The lowest BCUT2D eigenvalue weighted by Crippen LogP contribution is -2.59. The summed E-state index contributed by atoms with van der Waals surface area (Å²) in [7, 11) is 0. The SMILES string of the molecule is [3H]O[C@@H]1C[C@](C)(N)[C@@H](O)[C@H](C)O1. The van der Waals surface area contributed by atoms with Crippen LogP contribution in [-0.2, 0) is 4.74 Å². The molecule has 4 N–H and O–H groups in total. The molecule has 0 saturated carbocycles. The molecule has 4 atom stereocenters. The van der Waals surface area contributed by atoms with Gasteiger partial charge in [0.25, 0.3) is 0 Å². The van der Waals surface area contributed by atoms with Gasteiger partial charge < -0.3 is 20.7 Å². The summed E-state index contributed by atoms with van der Waals surface area (Å²) >= 11 is 0. The Kier molecular flexibility index (Phi) is 1.85. The summed E-state index contributed by atoms with van der Waals surface area (Å²) < 4.78 is 11.8. The third-order valence-corrected chi connectivity index (χ3v) is 2.09. The van der Waals surface area contributed by atoms with Crippen LogP contribution < -0.4 is 5.73 Å². The standard InChI is InChI=1S/C7H15NO3/c1-4-6(10)7(2,8)3-5(9)11-4/h4-6,9-10H,3,8H2,1-2H3/t4-,5-,6-,7-/m0/s1/i9T. The molecule has 4 heteroatoms. The molecule has 0 bridgehead atoms. The Bertz CT molecular complexity index is 165. The van der Waals surface area contributed by atoms with Crippen LogP contribution in [0.25, 0.3) is 0 Å². The summed E-state index contributed by atoms with van der Waals surface area (Å²) in [6, 6.07) is 0. The van der Waals surface area contributed by atoms with E-state index < -0.39 is 17.9 Å². The molecule has 0 amide bonds. The Hall–Kier alpha value is -0.160. The highest BCUT2D eigenvalue weighted by Gasteiger charge is 2.40. The predicted octanol–water partition coefficient (Wildman–Crippen LogP) is -0.808. The van der Waals surface area contributed by atoms with E-state index in [-0.39, 0.29) is 6.10 Å². The Labute approximate surface area is 67.5 Å². The maximum atomic E-state index is 9.55. The number of rotatable bonds is 1. The van der Waals surface area contributed by atoms with Crippen molar-refractivity contribution in [2.24, 2.45) is 5.73 Å². The molecule has 0 aromatic carbocycles. The van der Waals surface area contributed by atoms with E-state index in [2.05, 4.69) is 5.11 Å². The summed E-state index contributed by atoms with van der Waals surface area (Å²) in [5.74, 6) is 0. The van der Waals surface area contributed by atoms with Crippen LogP contribution in [0.4, 0.5) is 0 Å². The monoisotopic (exact) mass is 163 g/mol. The first-order chi connectivity index (χ1) is 5.47. The zero-order valence-electron chi connectivity index (χ0n) is 7.78. The molecule has 0 radical (unpaired) electrons. The summed E-state index contributed by atoms with van der Waals surface area (Å²) in [5.41, 5.74) is 5.05. The highest BCUT2D eigenvalue weighted by Crippen LogP contribution is 2.25. The van der Waals surface area contributed by atoms with Crippen molar-refractivity contribution in [1.82, 2.24) is 0 Å². The number of aliphatic hydroxyl groups excluding tert-OH is 2. The molecular formula is C7H15NO3. The van der Waals surface area contributed by atoms with Crippen LogP contribution in [-0.4, -0.2) is 35.7 Å². The van der Waals surface area contributed by atoms with E-state index in [9.17, 15) is 5.11 Å². The van der Waals surface area contributed by atoms with Gasteiger partial charge in [-0.3, -0.25) is 0 Å². The van der Waals surface area contributed by atoms with Gasteiger partial charge >= 0.3 is 0 Å². The minimum Gasteiger partial charge on any atom is -0.389 e.